The third-order valence-electron chi connectivity index (χ3n) is 2.02. The average molecular weight is 232 g/mol. The molecule has 0 bridgehead atoms. The molecule has 8 nitrogen and oxygen atoms in total. The zero-order valence-corrected chi connectivity index (χ0v) is 7.57. The van der Waals surface area contributed by atoms with E-state index in [2.05, 4.69) is 0 Å². The number of hydrogen-bond donors (Lipinski definition) is 1. The van der Waals surface area contributed by atoms with Crippen LogP contribution in [0.2, 0.25) is 0 Å². The van der Waals surface area contributed by atoms with Crippen LogP contribution in [0.4, 0.5) is 4.39 Å². The maximum absolute atomic E-state index is 13.6. The summed E-state index contributed by atoms with van der Waals surface area (Å²) in [6.07, 6.45) is 1.25. The third-order valence-corrected chi connectivity index (χ3v) is 2.02. The van der Waals surface area contributed by atoms with E-state index in [4.69, 9.17) is 5.11 Å². The molecule has 0 fully saturated rings. The molecule has 2 unspecified atom stereocenters. The summed E-state index contributed by atoms with van der Waals surface area (Å²) in [5.74, 6) is -7.42. The van der Waals surface area contributed by atoms with Gasteiger partial charge in [0.15, 0.2) is 5.92 Å². The van der Waals surface area contributed by atoms with Crippen LogP contribution in [0.3, 0.4) is 0 Å². The van der Waals surface area contributed by atoms with Gasteiger partial charge in [-0.3, -0.25) is 25.0 Å². The van der Waals surface area contributed by atoms with Gasteiger partial charge in [0, 0.05) is 18.2 Å². The fourth-order valence-corrected chi connectivity index (χ4v) is 1.19. The van der Waals surface area contributed by atoms with Gasteiger partial charge in [-0.05, 0) is 0 Å². The Kier molecular flexibility index (Phi) is 2.70. The van der Waals surface area contributed by atoms with Crippen molar-refractivity contribution in [3.63, 3.8) is 0 Å². The van der Waals surface area contributed by atoms with Gasteiger partial charge >= 0.3 is 11.8 Å². The number of allylic oxidation sites excluding steroid dienone is 1. The average Bonchev–Trinajstić information content (AvgIpc) is 2.17. The maximum Gasteiger partial charge on any atom is 0.395 e. The molecule has 1 N–H and O–H groups in total. The first-order chi connectivity index (χ1) is 7.29. The number of halogens is 1. The smallest absolute Gasteiger partial charge is 0.395 e. The van der Waals surface area contributed by atoms with Gasteiger partial charge in [-0.2, -0.15) is 4.39 Å². The standard InChI is InChI=1S/C7H5FN2O6/c8-7(10(15)16)2-1-4(9(13)14)3-5(7)6(11)12/h1-3,5H,(H,11,12). The third kappa shape index (κ3) is 1.74. The van der Waals surface area contributed by atoms with Crippen molar-refractivity contribution >= 4 is 5.97 Å². The highest BCUT2D eigenvalue weighted by Crippen LogP contribution is 2.31. The molecular weight excluding hydrogens is 227 g/mol. The lowest BCUT2D eigenvalue weighted by Crippen LogP contribution is -2.44. The van der Waals surface area contributed by atoms with Crippen molar-refractivity contribution in [3.8, 4) is 0 Å². The van der Waals surface area contributed by atoms with E-state index in [0.29, 0.717) is 12.2 Å². The fraction of sp³-hybridized carbons (Fsp3) is 0.286. The Morgan fingerprint density at radius 3 is 2.44 bits per heavy atom. The molecule has 0 heterocycles. The number of hydrogen-bond acceptors (Lipinski definition) is 5. The first-order valence-corrected chi connectivity index (χ1v) is 3.90. The Balaban J connectivity index is 3.22. The molecule has 16 heavy (non-hydrogen) atoms. The van der Waals surface area contributed by atoms with E-state index in [1.54, 1.807) is 0 Å². The normalized spacial score (nSPS) is 28.3. The molecule has 1 aliphatic rings. The molecule has 0 saturated heterocycles. The maximum atomic E-state index is 13.6. The first-order valence-electron chi connectivity index (χ1n) is 3.90. The summed E-state index contributed by atoms with van der Waals surface area (Å²) >= 11 is 0. The predicted molar refractivity (Wildman–Crippen MR) is 46.2 cm³/mol. The molecule has 0 aromatic rings. The van der Waals surface area contributed by atoms with Gasteiger partial charge < -0.3 is 5.11 Å². The highest BCUT2D eigenvalue weighted by Gasteiger charge is 2.55. The van der Waals surface area contributed by atoms with Crippen LogP contribution in [0.5, 0.6) is 0 Å². The van der Waals surface area contributed by atoms with Crippen molar-refractivity contribution in [3.05, 3.63) is 44.2 Å². The van der Waals surface area contributed by atoms with Crippen molar-refractivity contribution in [2.24, 2.45) is 5.92 Å². The molecule has 0 aromatic heterocycles. The molecule has 0 radical (unpaired) electrons. The van der Waals surface area contributed by atoms with Crippen molar-refractivity contribution in [2.45, 2.75) is 5.79 Å². The minimum absolute atomic E-state index is 0.268. The fourth-order valence-electron chi connectivity index (χ4n) is 1.19. The molecule has 0 saturated carbocycles. The van der Waals surface area contributed by atoms with Crippen molar-refractivity contribution in [1.82, 2.24) is 0 Å². The minimum atomic E-state index is -3.36. The quantitative estimate of drug-likeness (QED) is 0.425. The van der Waals surface area contributed by atoms with Gasteiger partial charge in [-0.1, -0.05) is 0 Å². The summed E-state index contributed by atoms with van der Waals surface area (Å²) in [7, 11) is 0. The van der Waals surface area contributed by atoms with E-state index in [-0.39, 0.29) is 6.08 Å². The van der Waals surface area contributed by atoms with Crippen LogP contribution in [0.25, 0.3) is 0 Å². The molecule has 86 valence electrons. The molecule has 1 rings (SSSR count). The van der Waals surface area contributed by atoms with Crippen LogP contribution >= 0.6 is 0 Å². The van der Waals surface area contributed by atoms with E-state index < -0.39 is 33.2 Å². The van der Waals surface area contributed by atoms with E-state index >= 15 is 0 Å². The first kappa shape index (κ1) is 11.8. The number of nitrogens with zero attached hydrogens (tertiary/aromatic N) is 2. The number of carbonyl (C=O) groups is 1. The zero-order chi connectivity index (χ0) is 12.5. The lowest BCUT2D eigenvalue weighted by atomic mass is 9.92. The molecule has 2 atom stereocenters. The van der Waals surface area contributed by atoms with Gasteiger partial charge in [-0.25, -0.2) is 0 Å². The van der Waals surface area contributed by atoms with Gasteiger partial charge in [0.25, 0.3) is 5.70 Å². The van der Waals surface area contributed by atoms with Crippen LogP contribution in [0.15, 0.2) is 23.9 Å². The van der Waals surface area contributed by atoms with Crippen LogP contribution < -0.4 is 0 Å². The predicted octanol–water partition coefficient (Wildman–Crippen LogP) is 0.360. The van der Waals surface area contributed by atoms with E-state index in [1.165, 1.54) is 0 Å². The van der Waals surface area contributed by atoms with Crippen molar-refractivity contribution in [2.75, 3.05) is 0 Å². The molecule has 0 aliphatic heterocycles. The highest BCUT2D eigenvalue weighted by atomic mass is 19.1. The minimum Gasteiger partial charge on any atom is -0.480 e. The van der Waals surface area contributed by atoms with Crippen LogP contribution in [-0.2, 0) is 4.79 Å². The number of carboxylic acid groups (broad SMARTS) is 1. The van der Waals surface area contributed by atoms with Crippen LogP contribution in [-0.4, -0.2) is 26.7 Å². The largest absolute Gasteiger partial charge is 0.480 e. The van der Waals surface area contributed by atoms with Gasteiger partial charge in [-0.15, -0.1) is 0 Å². The lowest BCUT2D eigenvalue weighted by molar-refractivity contribution is -0.596. The molecule has 1 aliphatic carbocycles. The lowest BCUT2D eigenvalue weighted by Gasteiger charge is -2.19. The summed E-state index contributed by atoms with van der Waals surface area (Å²) in [5.41, 5.74) is -0.692. The van der Waals surface area contributed by atoms with Crippen LogP contribution in [0.1, 0.15) is 0 Å². The molecule has 0 amide bonds. The van der Waals surface area contributed by atoms with E-state index in [9.17, 15) is 29.4 Å². The van der Waals surface area contributed by atoms with Gasteiger partial charge in [0.05, 0.1) is 9.85 Å². The number of alkyl halides is 1. The van der Waals surface area contributed by atoms with Crippen molar-refractivity contribution in [1.29, 1.82) is 0 Å². The van der Waals surface area contributed by atoms with Crippen LogP contribution in [0, 0.1) is 26.1 Å². The van der Waals surface area contributed by atoms with Gasteiger partial charge in [0.1, 0.15) is 0 Å². The summed E-state index contributed by atoms with van der Waals surface area (Å²) < 4.78 is 13.6. The Morgan fingerprint density at radius 2 is 2.06 bits per heavy atom. The van der Waals surface area contributed by atoms with E-state index in [1.807, 2.05) is 0 Å². The Labute approximate surface area is 87.0 Å². The Hall–Kier alpha value is -2.32. The summed E-state index contributed by atoms with van der Waals surface area (Å²) in [4.78, 5) is 28.9. The van der Waals surface area contributed by atoms with Gasteiger partial charge in [0.2, 0.25) is 0 Å². The Bertz CT molecular complexity index is 431. The number of carboxylic acids is 1. The number of nitro groups is 2. The molecule has 0 spiro atoms. The number of rotatable bonds is 3. The second kappa shape index (κ2) is 3.68. The van der Waals surface area contributed by atoms with E-state index in [0.717, 1.165) is 0 Å². The second-order valence-electron chi connectivity index (χ2n) is 2.98. The SMILES string of the molecule is O=C(O)C1C=C([N+](=O)[O-])C=CC1(F)[N+](=O)[O-]. The Morgan fingerprint density at radius 1 is 1.50 bits per heavy atom. The summed E-state index contributed by atoms with van der Waals surface area (Å²) in [6.45, 7) is 0. The topological polar surface area (TPSA) is 124 Å². The summed E-state index contributed by atoms with van der Waals surface area (Å²) in [5, 5.41) is 29.3. The van der Waals surface area contributed by atoms with Crippen molar-refractivity contribution < 1.29 is 24.1 Å². The monoisotopic (exact) mass is 232 g/mol. The number of aliphatic carboxylic acids is 1. The highest BCUT2D eigenvalue weighted by molar-refractivity contribution is 5.74. The summed E-state index contributed by atoms with van der Waals surface area (Å²) in [6, 6.07) is 0. The molecule has 0 aromatic carbocycles. The zero-order valence-electron chi connectivity index (χ0n) is 7.57. The molecular formula is C7H5FN2O6. The second-order valence-corrected chi connectivity index (χ2v) is 2.98. The molecule has 9 heteroatoms.